The number of imidazole rings is 1. The Hall–Kier alpha value is -1.36. The van der Waals surface area contributed by atoms with Gasteiger partial charge in [-0.25, -0.2) is 18.1 Å². The molecule has 1 aliphatic heterocycles. The van der Waals surface area contributed by atoms with Gasteiger partial charge in [0.25, 0.3) is 0 Å². The monoisotopic (exact) mass is 667 g/mol. The molecule has 0 radical (unpaired) electrons. The van der Waals surface area contributed by atoms with E-state index in [-0.39, 0.29) is 5.25 Å². The largest absolute Gasteiger partial charge is 0.361 e. The summed E-state index contributed by atoms with van der Waals surface area (Å²) in [5, 5.41) is 5.74. The Labute approximate surface area is 248 Å². The molecular formula is C27H42BrN5O4SSi2. The van der Waals surface area contributed by atoms with Crippen molar-refractivity contribution >= 4 is 53.0 Å². The average Bonchev–Trinajstić information content (AvgIpc) is 3.43. The number of benzene rings is 1. The first kappa shape index (κ1) is 30.1. The van der Waals surface area contributed by atoms with E-state index in [1.54, 1.807) is 4.31 Å². The molecule has 2 aromatic heterocycles. The second kappa shape index (κ2) is 11.4. The molecule has 40 heavy (non-hydrogen) atoms. The summed E-state index contributed by atoms with van der Waals surface area (Å²) in [4.78, 5) is 5.01. The molecule has 9 nitrogen and oxygen atoms in total. The number of nitrogens with zero attached hydrogens (tertiary/aromatic N) is 5. The SMILES string of the molecule is C[Si](C)(C)CCOCn1c(-c2nn(COCC[Si](C)(C)C)c3cc(Br)ccc23)nc2c1CN(S(=O)(=O)C1CC1)C2. The Morgan fingerprint density at radius 2 is 1.62 bits per heavy atom. The van der Waals surface area contributed by atoms with E-state index < -0.39 is 26.2 Å². The summed E-state index contributed by atoms with van der Waals surface area (Å²) >= 11 is 3.61. The highest BCUT2D eigenvalue weighted by atomic mass is 79.9. The Morgan fingerprint density at radius 1 is 0.975 bits per heavy atom. The molecular weight excluding hydrogens is 626 g/mol. The van der Waals surface area contributed by atoms with E-state index in [2.05, 4.69) is 67.3 Å². The molecule has 1 aromatic carbocycles. The summed E-state index contributed by atoms with van der Waals surface area (Å²) < 4.78 is 44.8. The van der Waals surface area contributed by atoms with E-state index in [1.165, 1.54) is 0 Å². The van der Waals surface area contributed by atoms with Crippen molar-refractivity contribution in [3.05, 3.63) is 34.1 Å². The first-order valence-corrected chi connectivity index (χ1v) is 23.8. The van der Waals surface area contributed by atoms with Crippen molar-refractivity contribution in [2.24, 2.45) is 0 Å². The lowest BCUT2D eigenvalue weighted by Crippen LogP contribution is -2.29. The fourth-order valence-electron chi connectivity index (χ4n) is 4.78. The summed E-state index contributed by atoms with van der Waals surface area (Å²) in [7, 11) is -5.75. The first-order valence-electron chi connectivity index (χ1n) is 14.1. The molecule has 0 atom stereocenters. The Bertz CT molecular complexity index is 1490. The van der Waals surface area contributed by atoms with Gasteiger partial charge in [-0.15, -0.1) is 0 Å². The van der Waals surface area contributed by atoms with Crippen molar-refractivity contribution in [3.63, 3.8) is 0 Å². The van der Waals surface area contributed by atoms with E-state index in [1.807, 2.05) is 15.3 Å². The van der Waals surface area contributed by atoms with E-state index in [9.17, 15) is 8.42 Å². The van der Waals surface area contributed by atoms with Crippen molar-refractivity contribution in [1.29, 1.82) is 0 Å². The van der Waals surface area contributed by atoms with Gasteiger partial charge < -0.3 is 14.0 Å². The lowest BCUT2D eigenvalue weighted by molar-refractivity contribution is 0.0814. The Kier molecular flexibility index (Phi) is 8.57. The molecule has 1 aliphatic carbocycles. The number of fused-ring (bicyclic) bond motifs is 2. The maximum atomic E-state index is 13.0. The van der Waals surface area contributed by atoms with Gasteiger partial charge in [0, 0.05) is 39.2 Å². The molecule has 1 fully saturated rings. The van der Waals surface area contributed by atoms with Gasteiger partial charge in [0.1, 0.15) is 19.2 Å². The molecule has 0 spiro atoms. The molecule has 5 rings (SSSR count). The zero-order valence-electron chi connectivity index (χ0n) is 24.5. The van der Waals surface area contributed by atoms with Crippen LogP contribution in [-0.2, 0) is 46.0 Å². The number of rotatable bonds is 13. The third-order valence-corrected chi connectivity index (χ3v) is 13.7. The van der Waals surface area contributed by atoms with Crippen LogP contribution in [0.2, 0.25) is 51.4 Å². The van der Waals surface area contributed by atoms with Crippen molar-refractivity contribution < 1.29 is 17.9 Å². The maximum absolute atomic E-state index is 13.0. The zero-order chi connectivity index (χ0) is 28.9. The van der Waals surface area contributed by atoms with Gasteiger partial charge in [0.15, 0.2) is 5.82 Å². The Balaban J connectivity index is 1.47. The van der Waals surface area contributed by atoms with Crippen LogP contribution in [-0.4, -0.2) is 66.7 Å². The van der Waals surface area contributed by atoms with Crippen LogP contribution in [0.25, 0.3) is 22.4 Å². The topological polar surface area (TPSA) is 91.5 Å². The van der Waals surface area contributed by atoms with Crippen molar-refractivity contribution in [1.82, 2.24) is 23.6 Å². The molecule has 1 saturated carbocycles. The molecule has 0 bridgehead atoms. The predicted molar refractivity (Wildman–Crippen MR) is 168 cm³/mol. The highest BCUT2D eigenvalue weighted by Gasteiger charge is 2.44. The van der Waals surface area contributed by atoms with E-state index in [0.29, 0.717) is 39.8 Å². The van der Waals surface area contributed by atoms with Crippen LogP contribution >= 0.6 is 15.9 Å². The minimum absolute atomic E-state index is 0.239. The quantitative estimate of drug-likeness (QED) is 0.162. The summed E-state index contributed by atoms with van der Waals surface area (Å²) in [5.41, 5.74) is 3.42. The highest BCUT2D eigenvalue weighted by molar-refractivity contribution is 9.10. The molecule has 0 unspecified atom stereocenters. The second-order valence-electron chi connectivity index (χ2n) is 13.5. The number of ether oxygens (including phenoxy) is 2. The van der Waals surface area contributed by atoms with Crippen LogP contribution in [0.4, 0.5) is 0 Å². The van der Waals surface area contributed by atoms with E-state index >= 15 is 0 Å². The van der Waals surface area contributed by atoms with Gasteiger partial charge in [-0.1, -0.05) is 55.2 Å². The molecule has 2 aliphatic rings. The Morgan fingerprint density at radius 3 is 2.25 bits per heavy atom. The lowest BCUT2D eigenvalue weighted by atomic mass is 10.2. The molecule has 0 amide bonds. The molecule has 220 valence electrons. The van der Waals surface area contributed by atoms with Crippen LogP contribution in [0.5, 0.6) is 0 Å². The maximum Gasteiger partial charge on any atom is 0.217 e. The predicted octanol–water partition coefficient (Wildman–Crippen LogP) is 6.09. The molecule has 3 aromatic rings. The first-order chi connectivity index (χ1) is 18.7. The van der Waals surface area contributed by atoms with Gasteiger partial charge >= 0.3 is 0 Å². The van der Waals surface area contributed by atoms with Gasteiger partial charge in [-0.05, 0) is 43.1 Å². The third-order valence-electron chi connectivity index (χ3n) is 7.47. The number of hydrogen-bond acceptors (Lipinski definition) is 6. The fourth-order valence-corrected chi connectivity index (χ4v) is 8.40. The van der Waals surface area contributed by atoms with E-state index in [0.717, 1.165) is 63.2 Å². The smallest absolute Gasteiger partial charge is 0.217 e. The highest BCUT2D eigenvalue weighted by Crippen LogP contribution is 2.38. The van der Waals surface area contributed by atoms with Crippen LogP contribution in [0, 0.1) is 0 Å². The standard InChI is InChI=1S/C27H42BrN5O4SSi2/c1-39(2,3)13-11-36-18-32-25-17-31(38(34,35)21-8-9-21)16-23(25)29-27(32)26-22-10-7-20(28)15-24(22)33(30-26)19-37-12-14-40(4,5)6/h7,10,15,21H,8-9,11-14,16-19H2,1-6H3. The van der Waals surface area contributed by atoms with Crippen molar-refractivity contribution in [2.75, 3.05) is 13.2 Å². The molecule has 13 heteroatoms. The summed E-state index contributed by atoms with van der Waals surface area (Å²) in [5.74, 6) is 0.717. The summed E-state index contributed by atoms with van der Waals surface area (Å²) in [6.07, 6.45) is 1.50. The molecule has 0 N–H and O–H groups in total. The zero-order valence-corrected chi connectivity index (χ0v) is 28.9. The van der Waals surface area contributed by atoms with Crippen LogP contribution in [0.15, 0.2) is 22.7 Å². The molecule has 3 heterocycles. The van der Waals surface area contributed by atoms with Crippen LogP contribution in [0.3, 0.4) is 0 Å². The summed E-state index contributed by atoms with van der Waals surface area (Å²) in [6, 6.07) is 8.28. The second-order valence-corrected chi connectivity index (χ2v) is 27.8. The minimum atomic E-state index is -3.29. The van der Waals surface area contributed by atoms with Gasteiger partial charge in [0.2, 0.25) is 10.0 Å². The lowest BCUT2D eigenvalue weighted by Gasteiger charge is -2.18. The van der Waals surface area contributed by atoms with Crippen LogP contribution in [0.1, 0.15) is 24.2 Å². The third kappa shape index (κ3) is 6.82. The van der Waals surface area contributed by atoms with Gasteiger partial charge in [-0.2, -0.15) is 9.40 Å². The van der Waals surface area contributed by atoms with Crippen molar-refractivity contribution in [3.8, 4) is 11.5 Å². The van der Waals surface area contributed by atoms with Crippen LogP contribution < -0.4 is 0 Å². The molecule has 0 saturated heterocycles. The number of aromatic nitrogens is 4. The minimum Gasteiger partial charge on any atom is -0.361 e. The van der Waals surface area contributed by atoms with Crippen molar-refractivity contribution in [2.45, 2.75) is 96.0 Å². The van der Waals surface area contributed by atoms with Gasteiger partial charge in [0.05, 0.1) is 35.2 Å². The number of hydrogen-bond donors (Lipinski definition) is 0. The summed E-state index contributed by atoms with van der Waals surface area (Å²) in [6.45, 7) is 16.7. The number of halogens is 1. The van der Waals surface area contributed by atoms with Gasteiger partial charge in [-0.3, -0.25) is 0 Å². The average molecular weight is 669 g/mol. The normalized spacial score (nSPS) is 16.8. The number of sulfonamides is 1. The van der Waals surface area contributed by atoms with E-state index in [4.69, 9.17) is 19.6 Å². The fraction of sp³-hybridized carbons (Fsp3) is 0.630.